The summed E-state index contributed by atoms with van der Waals surface area (Å²) in [7, 11) is 0. The van der Waals surface area contributed by atoms with Crippen molar-refractivity contribution >= 4 is 40.8 Å². The third kappa shape index (κ3) is 2.23. The number of anilines is 1. The van der Waals surface area contributed by atoms with Crippen molar-refractivity contribution < 1.29 is 9.59 Å². The SMILES string of the molecule is O=C(CCl)Nc1ccc2c(c1)C=C1c3ccccc3C(=O)NC12. The Labute approximate surface area is 138 Å². The van der Waals surface area contributed by atoms with Gasteiger partial charge in [0.15, 0.2) is 0 Å². The molecule has 2 N–H and O–H groups in total. The van der Waals surface area contributed by atoms with Crippen LogP contribution in [0.5, 0.6) is 0 Å². The predicted molar refractivity (Wildman–Crippen MR) is 90.3 cm³/mol. The Kier molecular flexibility index (Phi) is 3.20. The van der Waals surface area contributed by atoms with Crippen LogP contribution in [0.2, 0.25) is 0 Å². The van der Waals surface area contributed by atoms with Crippen LogP contribution >= 0.6 is 11.6 Å². The van der Waals surface area contributed by atoms with Crippen molar-refractivity contribution in [1.82, 2.24) is 5.32 Å². The molecule has 23 heavy (non-hydrogen) atoms. The van der Waals surface area contributed by atoms with Crippen LogP contribution in [0.3, 0.4) is 0 Å². The Morgan fingerprint density at radius 3 is 2.74 bits per heavy atom. The van der Waals surface area contributed by atoms with E-state index in [0.29, 0.717) is 11.3 Å². The topological polar surface area (TPSA) is 58.2 Å². The molecule has 4 rings (SSSR count). The fourth-order valence-corrected chi connectivity index (χ4v) is 3.25. The lowest BCUT2D eigenvalue weighted by molar-refractivity contribution is -0.113. The molecule has 0 saturated heterocycles. The van der Waals surface area contributed by atoms with Crippen LogP contribution in [0, 0.1) is 0 Å². The van der Waals surface area contributed by atoms with E-state index in [2.05, 4.69) is 16.7 Å². The van der Waals surface area contributed by atoms with Gasteiger partial charge in [0.2, 0.25) is 5.91 Å². The summed E-state index contributed by atoms with van der Waals surface area (Å²) in [6, 6.07) is 13.1. The van der Waals surface area contributed by atoms with Gasteiger partial charge in [0.1, 0.15) is 5.88 Å². The first-order chi connectivity index (χ1) is 11.2. The highest BCUT2D eigenvalue weighted by atomic mass is 35.5. The highest BCUT2D eigenvalue weighted by molar-refractivity contribution is 6.29. The lowest BCUT2D eigenvalue weighted by atomic mass is 9.90. The van der Waals surface area contributed by atoms with Crippen LogP contribution in [0.1, 0.15) is 33.1 Å². The third-order valence-electron chi connectivity index (χ3n) is 4.18. The monoisotopic (exact) mass is 324 g/mol. The van der Waals surface area contributed by atoms with Crippen molar-refractivity contribution in [2.75, 3.05) is 11.2 Å². The number of carbonyl (C=O) groups is 2. The third-order valence-corrected chi connectivity index (χ3v) is 4.43. The summed E-state index contributed by atoms with van der Waals surface area (Å²) in [5, 5.41) is 5.79. The molecule has 5 heteroatoms. The Hall–Kier alpha value is -2.59. The summed E-state index contributed by atoms with van der Waals surface area (Å²) in [5.41, 5.74) is 5.46. The Morgan fingerprint density at radius 1 is 1.17 bits per heavy atom. The van der Waals surface area contributed by atoms with Crippen LogP contribution in [-0.2, 0) is 4.79 Å². The molecule has 1 aliphatic heterocycles. The zero-order chi connectivity index (χ0) is 16.0. The molecule has 0 bridgehead atoms. The van der Waals surface area contributed by atoms with Gasteiger partial charge in [0.25, 0.3) is 5.91 Å². The molecule has 2 amide bonds. The molecule has 2 aliphatic rings. The van der Waals surface area contributed by atoms with Gasteiger partial charge in [-0.15, -0.1) is 11.6 Å². The fraction of sp³-hybridized carbons (Fsp3) is 0.111. The first kappa shape index (κ1) is 14.0. The number of hydrogen-bond donors (Lipinski definition) is 2. The average molecular weight is 325 g/mol. The molecule has 4 nitrogen and oxygen atoms in total. The van der Waals surface area contributed by atoms with E-state index in [1.165, 1.54) is 0 Å². The lowest BCUT2D eigenvalue weighted by Crippen LogP contribution is -2.33. The van der Waals surface area contributed by atoms with Gasteiger partial charge in [-0.1, -0.05) is 24.3 Å². The molecular weight excluding hydrogens is 312 g/mol. The zero-order valence-corrected chi connectivity index (χ0v) is 12.9. The molecule has 1 heterocycles. The van der Waals surface area contributed by atoms with Gasteiger partial charge in [0, 0.05) is 11.3 Å². The van der Waals surface area contributed by atoms with Gasteiger partial charge in [-0.2, -0.15) is 0 Å². The normalized spacial score (nSPS) is 17.5. The van der Waals surface area contributed by atoms with E-state index in [9.17, 15) is 9.59 Å². The van der Waals surface area contributed by atoms with Crippen LogP contribution in [-0.4, -0.2) is 17.7 Å². The Morgan fingerprint density at radius 2 is 1.96 bits per heavy atom. The molecule has 0 saturated carbocycles. The van der Waals surface area contributed by atoms with Crippen LogP contribution in [0.15, 0.2) is 42.5 Å². The second-order valence-corrected chi connectivity index (χ2v) is 5.84. The second-order valence-electron chi connectivity index (χ2n) is 5.58. The summed E-state index contributed by atoms with van der Waals surface area (Å²) in [4.78, 5) is 23.7. The second kappa shape index (κ2) is 5.25. The van der Waals surface area contributed by atoms with Crippen LogP contribution in [0.4, 0.5) is 5.69 Å². The average Bonchev–Trinajstić information content (AvgIpc) is 2.93. The molecule has 0 fully saturated rings. The number of halogens is 1. The first-order valence-electron chi connectivity index (χ1n) is 7.29. The van der Waals surface area contributed by atoms with Crippen LogP contribution < -0.4 is 10.6 Å². The van der Waals surface area contributed by atoms with Crippen molar-refractivity contribution in [3.05, 3.63) is 64.7 Å². The maximum Gasteiger partial charge on any atom is 0.252 e. The summed E-state index contributed by atoms with van der Waals surface area (Å²) in [5.74, 6) is -0.381. The van der Waals surface area contributed by atoms with Gasteiger partial charge in [-0.25, -0.2) is 0 Å². The number of fused-ring (bicyclic) bond motifs is 5. The minimum absolute atomic E-state index is 0.0601. The number of rotatable bonds is 2. The Bertz CT molecular complexity index is 873. The number of nitrogens with one attached hydrogen (secondary N) is 2. The highest BCUT2D eigenvalue weighted by Gasteiger charge is 2.34. The number of carbonyl (C=O) groups excluding carboxylic acids is 2. The van der Waals surface area contributed by atoms with Crippen molar-refractivity contribution in [3.8, 4) is 0 Å². The van der Waals surface area contributed by atoms with Crippen molar-refractivity contribution in [3.63, 3.8) is 0 Å². The number of benzene rings is 2. The van der Waals surface area contributed by atoms with E-state index in [-0.39, 0.29) is 23.7 Å². The van der Waals surface area contributed by atoms with E-state index in [0.717, 1.165) is 22.3 Å². The summed E-state index contributed by atoms with van der Waals surface area (Å²) in [6.45, 7) is 0. The summed E-state index contributed by atoms with van der Waals surface area (Å²) >= 11 is 5.52. The number of hydrogen-bond acceptors (Lipinski definition) is 2. The van der Waals surface area contributed by atoms with Gasteiger partial charge in [0.05, 0.1) is 6.04 Å². The van der Waals surface area contributed by atoms with Gasteiger partial charge >= 0.3 is 0 Å². The molecule has 2 aromatic carbocycles. The molecule has 1 unspecified atom stereocenters. The molecule has 1 atom stereocenters. The molecule has 114 valence electrons. The molecule has 0 radical (unpaired) electrons. The molecule has 1 aliphatic carbocycles. The Balaban J connectivity index is 1.77. The maximum absolute atomic E-state index is 12.3. The van der Waals surface area contributed by atoms with E-state index >= 15 is 0 Å². The molecular formula is C18H13ClN2O2. The largest absolute Gasteiger partial charge is 0.341 e. The molecule has 0 aromatic heterocycles. The van der Waals surface area contributed by atoms with Crippen LogP contribution in [0.25, 0.3) is 11.6 Å². The maximum atomic E-state index is 12.3. The predicted octanol–water partition coefficient (Wildman–Crippen LogP) is 3.20. The minimum atomic E-state index is -0.242. The number of amides is 2. The van der Waals surface area contributed by atoms with Gasteiger partial charge < -0.3 is 10.6 Å². The zero-order valence-electron chi connectivity index (χ0n) is 12.1. The van der Waals surface area contributed by atoms with Crippen molar-refractivity contribution in [1.29, 1.82) is 0 Å². The fourth-order valence-electron chi connectivity index (χ4n) is 3.18. The number of alkyl halides is 1. The van der Waals surface area contributed by atoms with Gasteiger partial charge in [-0.05, 0) is 46.5 Å². The standard InChI is InChI=1S/C18H13ClN2O2/c19-9-16(22)20-11-5-6-12-10(7-11)8-15-13-3-1-2-4-14(13)18(23)21-17(12)15/h1-8,17H,9H2,(H,20,22)(H,21,23). The molecule has 0 spiro atoms. The highest BCUT2D eigenvalue weighted by Crippen LogP contribution is 2.44. The van der Waals surface area contributed by atoms with E-state index in [4.69, 9.17) is 11.6 Å². The van der Waals surface area contributed by atoms with E-state index in [1.807, 2.05) is 42.5 Å². The lowest BCUT2D eigenvalue weighted by Gasteiger charge is -2.26. The minimum Gasteiger partial charge on any atom is -0.341 e. The first-order valence-corrected chi connectivity index (χ1v) is 7.82. The van der Waals surface area contributed by atoms with E-state index < -0.39 is 0 Å². The summed E-state index contributed by atoms with van der Waals surface area (Å²) < 4.78 is 0. The smallest absolute Gasteiger partial charge is 0.252 e. The van der Waals surface area contributed by atoms with Gasteiger partial charge in [-0.3, -0.25) is 9.59 Å². The van der Waals surface area contributed by atoms with E-state index in [1.54, 1.807) is 0 Å². The van der Waals surface area contributed by atoms with Crippen molar-refractivity contribution in [2.24, 2.45) is 0 Å². The quantitative estimate of drug-likeness (QED) is 0.833. The molecule has 2 aromatic rings. The van der Waals surface area contributed by atoms with Crippen molar-refractivity contribution in [2.45, 2.75) is 6.04 Å². The summed E-state index contributed by atoms with van der Waals surface area (Å²) in [6.07, 6.45) is 2.06.